The summed E-state index contributed by atoms with van der Waals surface area (Å²) in [6, 6.07) is 72.1. The van der Waals surface area contributed by atoms with Crippen LogP contribution >= 0.6 is 0 Å². The zero-order valence-corrected chi connectivity index (χ0v) is 31.0. The summed E-state index contributed by atoms with van der Waals surface area (Å²) in [4.78, 5) is 0. The second-order valence-electron chi connectivity index (χ2n) is 15.6. The molecule has 0 atom stereocenters. The van der Waals surface area contributed by atoms with Gasteiger partial charge in [-0.25, -0.2) is 0 Å². The van der Waals surface area contributed by atoms with E-state index in [4.69, 9.17) is 0 Å². The molecule has 0 bridgehead atoms. The van der Waals surface area contributed by atoms with E-state index in [1.165, 1.54) is 110 Å². The Morgan fingerprint density at radius 1 is 0.291 bits per heavy atom. The van der Waals surface area contributed by atoms with E-state index >= 15 is 0 Å². The van der Waals surface area contributed by atoms with Gasteiger partial charge in [0.25, 0.3) is 0 Å². The van der Waals surface area contributed by atoms with Crippen LogP contribution < -0.4 is 0 Å². The minimum Gasteiger partial charge on any atom is -0.0616 e. The molecule has 0 heteroatoms. The third kappa shape index (κ3) is 4.71. The number of fused-ring (bicyclic) bond motifs is 8. The summed E-state index contributed by atoms with van der Waals surface area (Å²) in [7, 11) is 0. The van der Waals surface area contributed by atoms with E-state index in [1.54, 1.807) is 0 Å². The normalized spacial score (nSPS) is 13.1. The predicted molar refractivity (Wildman–Crippen MR) is 236 cm³/mol. The van der Waals surface area contributed by atoms with Crippen molar-refractivity contribution in [3.05, 3.63) is 205 Å². The van der Waals surface area contributed by atoms with Gasteiger partial charge in [0.1, 0.15) is 0 Å². The Labute approximate surface area is 322 Å². The highest BCUT2D eigenvalue weighted by Gasteiger charge is 2.38. The Kier molecular flexibility index (Phi) is 7.00. The molecule has 0 spiro atoms. The lowest BCUT2D eigenvalue weighted by molar-refractivity contribution is 0.662. The molecule has 10 aromatic rings. The van der Waals surface area contributed by atoms with Crippen molar-refractivity contribution in [3.63, 3.8) is 0 Å². The van der Waals surface area contributed by atoms with E-state index in [9.17, 15) is 0 Å². The maximum absolute atomic E-state index is 2.44. The summed E-state index contributed by atoms with van der Waals surface area (Å²) >= 11 is 0. The van der Waals surface area contributed by atoms with Gasteiger partial charge in [-0.05, 0) is 116 Å². The van der Waals surface area contributed by atoms with E-state index in [0.29, 0.717) is 0 Å². The Morgan fingerprint density at radius 2 is 0.764 bits per heavy atom. The maximum Gasteiger partial charge on any atom is 0.0165 e. The molecule has 258 valence electrons. The lowest BCUT2D eigenvalue weighted by Gasteiger charge is -2.25. The first kappa shape index (κ1) is 31.7. The van der Waals surface area contributed by atoms with Gasteiger partial charge in [0.2, 0.25) is 0 Å². The monoisotopic (exact) mass is 698 g/mol. The van der Waals surface area contributed by atoms with Gasteiger partial charge < -0.3 is 0 Å². The number of benzene rings is 10. The first-order valence-corrected chi connectivity index (χ1v) is 19.4. The molecule has 0 N–H and O–H groups in total. The van der Waals surface area contributed by atoms with Crippen LogP contribution in [0.25, 0.3) is 98.7 Å². The highest BCUT2D eigenvalue weighted by Crippen LogP contribution is 2.55. The third-order valence-electron chi connectivity index (χ3n) is 12.2. The molecule has 0 saturated carbocycles. The zero-order chi connectivity index (χ0) is 36.7. The van der Waals surface area contributed by atoms with Gasteiger partial charge in [0, 0.05) is 5.41 Å². The van der Waals surface area contributed by atoms with Gasteiger partial charge in [0.05, 0.1) is 0 Å². The van der Waals surface area contributed by atoms with Gasteiger partial charge >= 0.3 is 0 Å². The summed E-state index contributed by atoms with van der Waals surface area (Å²) in [6.45, 7) is 4.80. The Bertz CT molecular complexity index is 3110. The smallest absolute Gasteiger partial charge is 0.0165 e. The summed E-state index contributed by atoms with van der Waals surface area (Å²) in [6.07, 6.45) is 0. The van der Waals surface area contributed by atoms with E-state index in [1.807, 2.05) is 0 Å². The number of rotatable bonds is 4. The molecule has 0 aromatic heterocycles. The highest BCUT2D eigenvalue weighted by molar-refractivity contribution is 6.23. The van der Waals surface area contributed by atoms with Gasteiger partial charge in [-0.2, -0.15) is 0 Å². The van der Waals surface area contributed by atoms with Gasteiger partial charge in [-0.3, -0.25) is 0 Å². The summed E-state index contributed by atoms with van der Waals surface area (Å²) in [5, 5.41) is 10.2. The summed E-state index contributed by atoms with van der Waals surface area (Å²) in [5.41, 5.74) is 15.5. The summed E-state index contributed by atoms with van der Waals surface area (Å²) < 4.78 is 0. The van der Waals surface area contributed by atoms with Crippen LogP contribution in [0.15, 0.2) is 194 Å². The van der Waals surface area contributed by atoms with Crippen molar-refractivity contribution in [2.45, 2.75) is 19.3 Å². The molecule has 10 aromatic carbocycles. The van der Waals surface area contributed by atoms with Crippen LogP contribution in [0.2, 0.25) is 0 Å². The van der Waals surface area contributed by atoms with Crippen molar-refractivity contribution >= 4 is 43.1 Å². The molecule has 0 saturated heterocycles. The molecule has 55 heavy (non-hydrogen) atoms. The van der Waals surface area contributed by atoms with Gasteiger partial charge in [-0.1, -0.05) is 202 Å². The van der Waals surface area contributed by atoms with Crippen LogP contribution in [0.3, 0.4) is 0 Å². The number of hydrogen-bond donors (Lipinski definition) is 0. The molecule has 0 fully saturated rings. The molecular weight excluding hydrogens is 661 g/mol. The van der Waals surface area contributed by atoms with E-state index in [2.05, 4.69) is 208 Å². The lowest BCUT2D eigenvalue weighted by atomic mass is 9.78. The Hall–Kier alpha value is -6.76. The predicted octanol–water partition coefficient (Wildman–Crippen LogP) is 15.3. The molecule has 0 nitrogen and oxygen atoms in total. The van der Waals surface area contributed by atoms with Crippen molar-refractivity contribution in [2.75, 3.05) is 0 Å². The van der Waals surface area contributed by atoms with E-state index < -0.39 is 0 Å². The van der Waals surface area contributed by atoms with Crippen molar-refractivity contribution in [1.29, 1.82) is 0 Å². The van der Waals surface area contributed by atoms with Crippen molar-refractivity contribution in [1.82, 2.24) is 0 Å². The molecule has 0 amide bonds. The van der Waals surface area contributed by atoms with Gasteiger partial charge in [0.15, 0.2) is 0 Å². The van der Waals surface area contributed by atoms with Crippen molar-refractivity contribution < 1.29 is 0 Å². The number of hydrogen-bond acceptors (Lipinski definition) is 0. The minimum absolute atomic E-state index is 0.139. The fraction of sp³-hybridized carbons (Fsp3) is 0.0545. The Balaban J connectivity index is 1.14. The minimum atomic E-state index is -0.139. The first-order valence-electron chi connectivity index (χ1n) is 19.4. The second-order valence-corrected chi connectivity index (χ2v) is 15.6. The quantitative estimate of drug-likeness (QED) is 0.161. The zero-order valence-electron chi connectivity index (χ0n) is 31.0. The molecular formula is C55H38. The topological polar surface area (TPSA) is 0 Å². The van der Waals surface area contributed by atoms with Crippen LogP contribution in [0.4, 0.5) is 0 Å². The SMILES string of the molecule is CC1(C)c2ccc3ccccc3c2-c2cccc(-c3cccc(-c4c5ccccc5c(-c5ccccc5-c5cccc6ccccc56)c5ccccc45)c3)c21. The highest BCUT2D eigenvalue weighted by atomic mass is 14.4. The van der Waals surface area contributed by atoms with Gasteiger partial charge in [-0.15, -0.1) is 0 Å². The second kappa shape index (κ2) is 12.1. The lowest BCUT2D eigenvalue weighted by Crippen LogP contribution is -2.16. The largest absolute Gasteiger partial charge is 0.0616 e. The van der Waals surface area contributed by atoms with Crippen LogP contribution in [0.1, 0.15) is 25.0 Å². The van der Waals surface area contributed by atoms with Crippen LogP contribution in [0.5, 0.6) is 0 Å². The molecule has 1 aliphatic rings. The molecule has 0 radical (unpaired) electrons. The molecule has 0 unspecified atom stereocenters. The summed E-state index contributed by atoms with van der Waals surface area (Å²) in [5.74, 6) is 0. The standard InChI is InChI=1S/C55H38/c1-55(2)50-33-32-36-17-4-6-22-40(36)53(50)49-31-15-29-41(54(49)55)37-19-13-20-38(34-37)51-45-25-9-11-27-47(45)52(48-28-12-10-26-46(48)51)44-24-8-7-23-43(44)42-30-14-18-35-16-3-5-21-39(35)42/h3-34H,1-2H3. The molecule has 11 rings (SSSR count). The molecule has 0 aliphatic heterocycles. The van der Waals surface area contributed by atoms with Crippen molar-refractivity contribution in [2.24, 2.45) is 0 Å². The average Bonchev–Trinajstić information content (AvgIpc) is 3.49. The van der Waals surface area contributed by atoms with E-state index in [0.717, 1.165) is 0 Å². The maximum atomic E-state index is 2.44. The van der Waals surface area contributed by atoms with Crippen LogP contribution in [-0.4, -0.2) is 0 Å². The Morgan fingerprint density at radius 3 is 1.49 bits per heavy atom. The van der Waals surface area contributed by atoms with Crippen LogP contribution in [-0.2, 0) is 5.41 Å². The first-order chi connectivity index (χ1) is 27.1. The third-order valence-corrected chi connectivity index (χ3v) is 12.2. The molecule has 1 aliphatic carbocycles. The average molecular weight is 699 g/mol. The van der Waals surface area contributed by atoms with Crippen LogP contribution in [0, 0.1) is 0 Å². The van der Waals surface area contributed by atoms with Crippen molar-refractivity contribution in [3.8, 4) is 55.6 Å². The van der Waals surface area contributed by atoms with E-state index in [-0.39, 0.29) is 5.41 Å². The molecule has 0 heterocycles. The fourth-order valence-electron chi connectivity index (χ4n) is 9.86. The fourth-order valence-corrected chi connectivity index (χ4v) is 9.86.